The molecule has 0 aliphatic heterocycles. The van der Waals surface area contributed by atoms with Crippen molar-refractivity contribution in [3.63, 3.8) is 0 Å². The van der Waals surface area contributed by atoms with Crippen molar-refractivity contribution in [2.75, 3.05) is 25.6 Å². The SMILES string of the molecule is CCC1(CNc2cnn(CCOC)c(=O)c2Cl)CCC1. The van der Waals surface area contributed by atoms with Gasteiger partial charge in [0.15, 0.2) is 0 Å². The lowest BCUT2D eigenvalue weighted by atomic mass is 9.67. The van der Waals surface area contributed by atoms with E-state index in [-0.39, 0.29) is 10.6 Å². The second-order valence-corrected chi connectivity index (χ2v) is 5.83. The van der Waals surface area contributed by atoms with Gasteiger partial charge in [-0.2, -0.15) is 5.10 Å². The number of halogens is 1. The van der Waals surface area contributed by atoms with Crippen LogP contribution in [0.4, 0.5) is 5.69 Å². The maximum absolute atomic E-state index is 12.0. The minimum absolute atomic E-state index is 0.210. The van der Waals surface area contributed by atoms with Gasteiger partial charge >= 0.3 is 0 Å². The molecule has 1 N–H and O–H groups in total. The van der Waals surface area contributed by atoms with Crippen LogP contribution in [0, 0.1) is 5.41 Å². The van der Waals surface area contributed by atoms with E-state index in [1.165, 1.54) is 23.9 Å². The summed E-state index contributed by atoms with van der Waals surface area (Å²) in [7, 11) is 1.59. The molecule has 1 heterocycles. The molecular weight excluding hydrogens is 278 g/mol. The second-order valence-electron chi connectivity index (χ2n) is 5.45. The number of methoxy groups -OCH3 is 1. The average Bonchev–Trinajstić information content (AvgIpc) is 2.41. The van der Waals surface area contributed by atoms with Crippen molar-refractivity contribution in [2.45, 2.75) is 39.2 Å². The topological polar surface area (TPSA) is 56.1 Å². The Morgan fingerprint density at radius 1 is 1.55 bits per heavy atom. The zero-order valence-corrected chi connectivity index (χ0v) is 12.9. The lowest BCUT2D eigenvalue weighted by Gasteiger charge is -2.41. The third kappa shape index (κ3) is 3.15. The van der Waals surface area contributed by atoms with Crippen molar-refractivity contribution in [1.82, 2.24) is 9.78 Å². The van der Waals surface area contributed by atoms with Crippen LogP contribution in [-0.4, -0.2) is 30.0 Å². The molecule has 1 aromatic heterocycles. The Hall–Kier alpha value is -1.07. The van der Waals surface area contributed by atoms with E-state index in [0.717, 1.165) is 13.0 Å². The van der Waals surface area contributed by atoms with Crippen LogP contribution in [0.1, 0.15) is 32.6 Å². The summed E-state index contributed by atoms with van der Waals surface area (Å²) in [6, 6.07) is 0. The fourth-order valence-corrected chi connectivity index (χ4v) is 2.75. The molecule has 1 fully saturated rings. The van der Waals surface area contributed by atoms with Gasteiger partial charge < -0.3 is 10.1 Å². The Kier molecular flexibility index (Phi) is 5.05. The van der Waals surface area contributed by atoms with Gasteiger partial charge in [-0.25, -0.2) is 4.68 Å². The van der Waals surface area contributed by atoms with Crippen molar-refractivity contribution in [2.24, 2.45) is 5.41 Å². The molecule has 1 aromatic rings. The van der Waals surface area contributed by atoms with Gasteiger partial charge in [0, 0.05) is 13.7 Å². The summed E-state index contributed by atoms with van der Waals surface area (Å²) >= 11 is 6.13. The molecule has 6 heteroatoms. The maximum Gasteiger partial charge on any atom is 0.287 e. The minimum Gasteiger partial charge on any atom is -0.383 e. The van der Waals surface area contributed by atoms with E-state index in [1.807, 2.05) is 0 Å². The molecule has 0 bridgehead atoms. The summed E-state index contributed by atoms with van der Waals surface area (Å²) in [6.45, 7) is 3.92. The van der Waals surface area contributed by atoms with E-state index < -0.39 is 0 Å². The van der Waals surface area contributed by atoms with Crippen LogP contribution in [-0.2, 0) is 11.3 Å². The van der Waals surface area contributed by atoms with Crippen molar-refractivity contribution in [3.8, 4) is 0 Å². The first-order valence-electron chi connectivity index (χ1n) is 7.10. The molecule has 0 spiro atoms. The van der Waals surface area contributed by atoms with Crippen molar-refractivity contribution >= 4 is 17.3 Å². The number of nitrogens with zero attached hydrogens (tertiary/aromatic N) is 2. The highest BCUT2D eigenvalue weighted by Gasteiger charge is 2.34. The lowest BCUT2D eigenvalue weighted by Crippen LogP contribution is -2.36. The zero-order chi connectivity index (χ0) is 14.6. The van der Waals surface area contributed by atoms with Crippen LogP contribution in [0.5, 0.6) is 0 Å². The largest absolute Gasteiger partial charge is 0.383 e. The highest BCUT2D eigenvalue weighted by atomic mass is 35.5. The summed E-state index contributed by atoms with van der Waals surface area (Å²) in [5.41, 5.74) is 0.728. The third-order valence-corrected chi connectivity index (χ3v) is 4.68. The molecule has 0 unspecified atom stereocenters. The summed E-state index contributed by atoms with van der Waals surface area (Å²) < 4.78 is 6.27. The highest BCUT2D eigenvalue weighted by Crippen LogP contribution is 2.43. The van der Waals surface area contributed by atoms with Crippen LogP contribution >= 0.6 is 11.6 Å². The molecule has 1 saturated carbocycles. The predicted octanol–water partition coefficient (Wildman–Crippen LogP) is 2.54. The van der Waals surface area contributed by atoms with Crippen LogP contribution in [0.2, 0.25) is 5.02 Å². The number of rotatable bonds is 7. The van der Waals surface area contributed by atoms with Crippen LogP contribution in [0.3, 0.4) is 0 Å². The van der Waals surface area contributed by atoms with E-state index >= 15 is 0 Å². The standard InChI is InChI=1S/C14H22ClN3O2/c1-3-14(5-4-6-14)10-16-11-9-17-18(7-8-20-2)13(19)12(11)15/h9,16H,3-8,10H2,1-2H3. The Balaban J connectivity index is 2.05. The van der Waals surface area contributed by atoms with Gasteiger partial charge in [-0.05, 0) is 24.7 Å². The number of hydrogen-bond donors (Lipinski definition) is 1. The highest BCUT2D eigenvalue weighted by molar-refractivity contribution is 6.32. The number of aromatic nitrogens is 2. The quantitative estimate of drug-likeness (QED) is 0.840. The van der Waals surface area contributed by atoms with E-state index in [2.05, 4.69) is 17.3 Å². The molecule has 5 nitrogen and oxygen atoms in total. The van der Waals surface area contributed by atoms with E-state index in [9.17, 15) is 4.79 Å². The molecule has 1 aliphatic rings. The molecule has 0 radical (unpaired) electrons. The fourth-order valence-electron chi connectivity index (χ4n) is 2.54. The van der Waals surface area contributed by atoms with E-state index in [4.69, 9.17) is 16.3 Å². The monoisotopic (exact) mass is 299 g/mol. The number of ether oxygens (including phenoxy) is 1. The van der Waals surface area contributed by atoms with Gasteiger partial charge in [-0.3, -0.25) is 4.79 Å². The van der Waals surface area contributed by atoms with Gasteiger partial charge in [0.1, 0.15) is 5.02 Å². The number of anilines is 1. The van der Waals surface area contributed by atoms with Gasteiger partial charge in [0.25, 0.3) is 5.56 Å². The molecule has 0 amide bonds. The third-order valence-electron chi connectivity index (χ3n) is 4.31. The summed E-state index contributed by atoms with van der Waals surface area (Å²) in [5.74, 6) is 0. The molecule has 1 aliphatic carbocycles. The Bertz CT molecular complexity index is 506. The number of hydrogen-bond acceptors (Lipinski definition) is 4. The maximum atomic E-state index is 12.0. The van der Waals surface area contributed by atoms with E-state index in [1.54, 1.807) is 13.3 Å². The normalized spacial score (nSPS) is 16.8. The lowest BCUT2D eigenvalue weighted by molar-refractivity contribution is 0.145. The summed E-state index contributed by atoms with van der Waals surface area (Å²) in [5, 5.41) is 7.63. The molecule has 112 valence electrons. The first-order chi connectivity index (χ1) is 9.62. The van der Waals surface area contributed by atoms with Crippen LogP contribution in [0.15, 0.2) is 11.0 Å². The van der Waals surface area contributed by atoms with Crippen LogP contribution in [0.25, 0.3) is 0 Å². The summed E-state index contributed by atoms with van der Waals surface area (Å²) in [6.07, 6.45) is 6.55. The molecule has 0 saturated heterocycles. The molecular formula is C14H22ClN3O2. The molecule has 0 aromatic carbocycles. The predicted molar refractivity (Wildman–Crippen MR) is 80.4 cm³/mol. The fraction of sp³-hybridized carbons (Fsp3) is 0.714. The second kappa shape index (κ2) is 6.59. The Morgan fingerprint density at radius 2 is 2.30 bits per heavy atom. The smallest absolute Gasteiger partial charge is 0.287 e. The average molecular weight is 300 g/mol. The van der Waals surface area contributed by atoms with Crippen molar-refractivity contribution < 1.29 is 4.74 Å². The van der Waals surface area contributed by atoms with Crippen LogP contribution < -0.4 is 10.9 Å². The molecule has 20 heavy (non-hydrogen) atoms. The van der Waals surface area contributed by atoms with Gasteiger partial charge in [0.05, 0.1) is 25.0 Å². The Morgan fingerprint density at radius 3 is 2.85 bits per heavy atom. The van der Waals surface area contributed by atoms with Gasteiger partial charge in [-0.1, -0.05) is 24.9 Å². The molecule has 2 rings (SSSR count). The minimum atomic E-state index is -0.270. The van der Waals surface area contributed by atoms with Gasteiger partial charge in [0.2, 0.25) is 0 Å². The number of nitrogens with one attached hydrogen (secondary N) is 1. The Labute approximate surface area is 124 Å². The molecule has 0 atom stereocenters. The first kappa shape index (κ1) is 15.3. The van der Waals surface area contributed by atoms with Gasteiger partial charge in [-0.15, -0.1) is 0 Å². The van der Waals surface area contributed by atoms with Crippen molar-refractivity contribution in [1.29, 1.82) is 0 Å². The summed E-state index contributed by atoms with van der Waals surface area (Å²) in [4.78, 5) is 12.0. The zero-order valence-electron chi connectivity index (χ0n) is 12.1. The van der Waals surface area contributed by atoms with Crippen molar-refractivity contribution in [3.05, 3.63) is 21.6 Å². The first-order valence-corrected chi connectivity index (χ1v) is 7.48. The van der Waals surface area contributed by atoms with E-state index in [0.29, 0.717) is 24.3 Å².